The highest BCUT2D eigenvalue weighted by molar-refractivity contribution is 7.99. The average molecular weight is 212 g/mol. The van der Waals surface area contributed by atoms with Crippen LogP contribution in [0, 0.1) is 0 Å². The maximum atomic E-state index is 5.44. The van der Waals surface area contributed by atoms with Crippen LogP contribution in [0.3, 0.4) is 0 Å². The Morgan fingerprint density at radius 3 is 3.21 bits per heavy atom. The summed E-state index contributed by atoms with van der Waals surface area (Å²) in [6.07, 6.45) is 6.44. The fourth-order valence-electron chi connectivity index (χ4n) is 1.69. The molecule has 1 aromatic rings. The van der Waals surface area contributed by atoms with Crippen molar-refractivity contribution in [1.29, 1.82) is 0 Å². The summed E-state index contributed by atoms with van der Waals surface area (Å²) in [5.41, 5.74) is 6.55. The van der Waals surface area contributed by atoms with Crippen molar-refractivity contribution in [2.75, 3.05) is 12.3 Å². The maximum Gasteiger partial charge on any atom is 0.195 e. The lowest BCUT2D eigenvalue weighted by atomic mass is 10.1. The summed E-state index contributed by atoms with van der Waals surface area (Å²) in [4.78, 5) is 4.46. The molecule has 0 saturated carbocycles. The van der Waals surface area contributed by atoms with E-state index in [1.165, 1.54) is 25.0 Å². The van der Waals surface area contributed by atoms with Gasteiger partial charge in [0.05, 0.1) is 10.9 Å². The second-order valence-corrected chi connectivity index (χ2v) is 4.87. The highest BCUT2D eigenvalue weighted by Crippen LogP contribution is 2.37. The molecule has 2 heterocycles. The average Bonchev–Trinajstić information content (AvgIpc) is 2.68. The largest absolute Gasteiger partial charge is 0.449 e. The highest BCUT2D eigenvalue weighted by Gasteiger charge is 2.19. The summed E-state index contributed by atoms with van der Waals surface area (Å²) >= 11 is 1.99. The molecule has 14 heavy (non-hydrogen) atoms. The maximum absolute atomic E-state index is 5.44. The zero-order chi connectivity index (χ0) is 9.80. The zero-order valence-electron chi connectivity index (χ0n) is 8.24. The highest BCUT2D eigenvalue weighted by atomic mass is 32.2. The van der Waals surface area contributed by atoms with Crippen molar-refractivity contribution in [2.24, 2.45) is 5.73 Å². The fraction of sp³-hybridized carbons (Fsp3) is 0.700. The third-order valence-corrected chi connectivity index (χ3v) is 3.84. The van der Waals surface area contributed by atoms with Gasteiger partial charge in [-0.25, -0.2) is 4.98 Å². The summed E-state index contributed by atoms with van der Waals surface area (Å²) in [5.74, 6) is 2.04. The van der Waals surface area contributed by atoms with E-state index in [0.29, 0.717) is 11.8 Å². The molecule has 1 atom stereocenters. The number of aromatic nitrogens is 1. The fourth-order valence-corrected chi connectivity index (χ4v) is 2.95. The monoisotopic (exact) mass is 212 g/mol. The molecule has 1 aliphatic heterocycles. The van der Waals surface area contributed by atoms with E-state index < -0.39 is 0 Å². The van der Waals surface area contributed by atoms with E-state index in [2.05, 4.69) is 4.98 Å². The standard InChI is InChI=1S/C10H16N2OS/c11-5-4-10-12-8(7-13-10)9-3-1-2-6-14-9/h7,9H,1-6,11H2. The van der Waals surface area contributed by atoms with E-state index in [-0.39, 0.29) is 0 Å². The number of thioether (sulfide) groups is 1. The first-order chi connectivity index (χ1) is 6.90. The number of rotatable bonds is 3. The van der Waals surface area contributed by atoms with E-state index >= 15 is 0 Å². The molecule has 1 aromatic heterocycles. The van der Waals surface area contributed by atoms with Gasteiger partial charge < -0.3 is 10.2 Å². The van der Waals surface area contributed by atoms with Crippen molar-refractivity contribution < 1.29 is 4.42 Å². The molecule has 0 aromatic carbocycles. The van der Waals surface area contributed by atoms with Gasteiger partial charge in [0, 0.05) is 13.0 Å². The molecular formula is C10H16N2OS. The second kappa shape index (κ2) is 4.84. The van der Waals surface area contributed by atoms with Crippen LogP contribution in [0.4, 0.5) is 0 Å². The molecule has 0 spiro atoms. The third-order valence-electron chi connectivity index (χ3n) is 2.44. The first-order valence-electron chi connectivity index (χ1n) is 5.16. The third kappa shape index (κ3) is 2.30. The molecule has 2 rings (SSSR count). The Morgan fingerprint density at radius 1 is 1.57 bits per heavy atom. The Hall–Kier alpha value is -0.480. The summed E-state index contributed by atoms with van der Waals surface area (Å²) in [6, 6.07) is 0. The molecule has 0 amide bonds. The molecule has 2 N–H and O–H groups in total. The Labute approximate surface area is 88.5 Å². The van der Waals surface area contributed by atoms with Crippen LogP contribution in [0.2, 0.25) is 0 Å². The van der Waals surface area contributed by atoms with Crippen molar-refractivity contribution in [1.82, 2.24) is 4.98 Å². The lowest BCUT2D eigenvalue weighted by molar-refractivity contribution is 0.495. The topological polar surface area (TPSA) is 52.0 Å². The number of nitrogens with two attached hydrogens (primary N) is 1. The van der Waals surface area contributed by atoms with E-state index in [9.17, 15) is 0 Å². The smallest absolute Gasteiger partial charge is 0.195 e. The minimum atomic E-state index is 0.555. The van der Waals surface area contributed by atoms with E-state index in [1.54, 1.807) is 6.26 Å². The zero-order valence-corrected chi connectivity index (χ0v) is 9.05. The van der Waals surface area contributed by atoms with E-state index in [4.69, 9.17) is 10.2 Å². The Morgan fingerprint density at radius 2 is 2.50 bits per heavy atom. The van der Waals surface area contributed by atoms with Gasteiger partial charge in [-0.05, 0) is 18.6 Å². The van der Waals surface area contributed by atoms with Crippen LogP contribution in [0.5, 0.6) is 0 Å². The summed E-state index contributed by atoms with van der Waals surface area (Å²) < 4.78 is 5.35. The van der Waals surface area contributed by atoms with Crippen molar-refractivity contribution in [2.45, 2.75) is 30.9 Å². The summed E-state index contributed by atoms with van der Waals surface area (Å²) in [7, 11) is 0. The van der Waals surface area contributed by atoms with E-state index in [1.807, 2.05) is 11.8 Å². The Bertz CT molecular complexity index is 281. The number of hydrogen-bond donors (Lipinski definition) is 1. The lowest BCUT2D eigenvalue weighted by Crippen LogP contribution is -2.05. The minimum absolute atomic E-state index is 0.555. The SMILES string of the molecule is NCCc1nc(C2CCCCS2)co1. The van der Waals surface area contributed by atoms with Crippen LogP contribution in [-0.2, 0) is 6.42 Å². The normalized spacial score (nSPS) is 22.5. The van der Waals surface area contributed by atoms with Gasteiger partial charge in [0.15, 0.2) is 5.89 Å². The first kappa shape index (κ1) is 10.1. The first-order valence-corrected chi connectivity index (χ1v) is 6.21. The van der Waals surface area contributed by atoms with Crippen molar-refractivity contribution in [3.63, 3.8) is 0 Å². The van der Waals surface area contributed by atoms with Crippen molar-refractivity contribution >= 4 is 11.8 Å². The molecule has 0 bridgehead atoms. The predicted octanol–water partition coefficient (Wildman–Crippen LogP) is 2.13. The molecular weight excluding hydrogens is 196 g/mol. The van der Waals surface area contributed by atoms with Gasteiger partial charge in [-0.1, -0.05) is 6.42 Å². The number of oxazole rings is 1. The molecule has 1 unspecified atom stereocenters. The molecule has 1 aliphatic rings. The van der Waals surface area contributed by atoms with Crippen LogP contribution in [0.25, 0.3) is 0 Å². The van der Waals surface area contributed by atoms with Crippen LogP contribution < -0.4 is 5.73 Å². The van der Waals surface area contributed by atoms with Gasteiger partial charge in [-0.15, -0.1) is 0 Å². The van der Waals surface area contributed by atoms with E-state index in [0.717, 1.165) is 18.0 Å². The van der Waals surface area contributed by atoms with Gasteiger partial charge in [0.25, 0.3) is 0 Å². The molecule has 0 radical (unpaired) electrons. The van der Waals surface area contributed by atoms with Crippen molar-refractivity contribution in [3.05, 3.63) is 17.8 Å². The van der Waals surface area contributed by atoms with Crippen LogP contribution in [0.1, 0.15) is 36.1 Å². The molecule has 0 aliphatic carbocycles. The van der Waals surface area contributed by atoms with Gasteiger partial charge in [-0.2, -0.15) is 11.8 Å². The molecule has 1 saturated heterocycles. The summed E-state index contributed by atoms with van der Waals surface area (Å²) in [6.45, 7) is 0.609. The second-order valence-electron chi connectivity index (χ2n) is 3.56. The predicted molar refractivity (Wildman–Crippen MR) is 58.3 cm³/mol. The molecule has 1 fully saturated rings. The van der Waals surface area contributed by atoms with Gasteiger partial charge in [-0.3, -0.25) is 0 Å². The number of nitrogens with zero attached hydrogens (tertiary/aromatic N) is 1. The molecule has 4 heteroatoms. The Kier molecular flexibility index (Phi) is 3.48. The van der Waals surface area contributed by atoms with Crippen LogP contribution in [-0.4, -0.2) is 17.3 Å². The Balaban J connectivity index is 2.00. The molecule has 3 nitrogen and oxygen atoms in total. The summed E-state index contributed by atoms with van der Waals surface area (Å²) in [5, 5.41) is 0.555. The quantitative estimate of drug-likeness (QED) is 0.834. The number of hydrogen-bond acceptors (Lipinski definition) is 4. The minimum Gasteiger partial charge on any atom is -0.449 e. The lowest BCUT2D eigenvalue weighted by Gasteiger charge is -2.18. The van der Waals surface area contributed by atoms with Crippen LogP contribution in [0.15, 0.2) is 10.7 Å². The molecule has 78 valence electrons. The van der Waals surface area contributed by atoms with Gasteiger partial charge >= 0.3 is 0 Å². The van der Waals surface area contributed by atoms with Gasteiger partial charge in [0.2, 0.25) is 0 Å². The van der Waals surface area contributed by atoms with Crippen molar-refractivity contribution in [3.8, 4) is 0 Å². The van der Waals surface area contributed by atoms with Crippen LogP contribution >= 0.6 is 11.8 Å². The van der Waals surface area contributed by atoms with Gasteiger partial charge in [0.1, 0.15) is 6.26 Å².